The molecule has 2 amide bonds. The van der Waals surface area contributed by atoms with Gasteiger partial charge in [0.05, 0.1) is 12.9 Å². The molecule has 0 aliphatic carbocycles. The second-order valence-electron chi connectivity index (χ2n) is 8.96. The molecule has 3 heterocycles. The Kier molecular flexibility index (Phi) is 8.92. The van der Waals surface area contributed by atoms with Gasteiger partial charge in [0.15, 0.2) is 5.16 Å². The molecule has 0 radical (unpaired) electrons. The third-order valence-electron chi connectivity index (χ3n) is 6.71. The molecule has 1 aromatic heterocycles. The highest BCUT2D eigenvalue weighted by molar-refractivity contribution is 7.99. The predicted molar refractivity (Wildman–Crippen MR) is 142 cm³/mol. The van der Waals surface area contributed by atoms with Crippen LogP contribution in [0, 0.1) is 0 Å². The SMILES string of the molecule is CCN1CCN(C(=O)CSc2nc(Cl)cc(N3CCN(C(=O)c4ccc(OC)cc4)C(C)C3)n2)CC1. The van der Waals surface area contributed by atoms with Crippen LogP contribution in [0.25, 0.3) is 0 Å². The average molecular weight is 533 g/mol. The fourth-order valence-corrected chi connectivity index (χ4v) is 5.49. The standard InChI is InChI=1S/C25H33ClN6O3S/c1-4-29-9-11-30(12-10-29)23(33)17-36-25-27-21(26)15-22(28-25)31-13-14-32(18(2)16-31)24(34)19-5-7-20(35-3)8-6-19/h5-8,15,18H,4,9-14,16-17H2,1-3H3. The molecule has 2 saturated heterocycles. The summed E-state index contributed by atoms with van der Waals surface area (Å²) in [5.41, 5.74) is 0.639. The molecule has 11 heteroatoms. The fourth-order valence-electron chi connectivity index (χ4n) is 4.51. The molecule has 2 aromatic rings. The molecule has 0 bridgehead atoms. The molecule has 0 N–H and O–H groups in total. The first-order chi connectivity index (χ1) is 17.4. The van der Waals surface area contributed by atoms with Gasteiger partial charge in [0, 0.05) is 63.5 Å². The zero-order chi connectivity index (χ0) is 25.7. The lowest BCUT2D eigenvalue weighted by atomic mass is 10.1. The van der Waals surface area contributed by atoms with Crippen LogP contribution in [0.3, 0.4) is 0 Å². The Morgan fingerprint density at radius 2 is 1.81 bits per heavy atom. The minimum atomic E-state index is -0.0124. The summed E-state index contributed by atoms with van der Waals surface area (Å²) in [5, 5.41) is 0.832. The maximum Gasteiger partial charge on any atom is 0.254 e. The van der Waals surface area contributed by atoms with Crippen LogP contribution in [0.5, 0.6) is 5.75 Å². The third-order valence-corrected chi connectivity index (χ3v) is 7.73. The zero-order valence-corrected chi connectivity index (χ0v) is 22.6. The maximum atomic E-state index is 13.1. The number of aromatic nitrogens is 2. The van der Waals surface area contributed by atoms with Gasteiger partial charge in [-0.2, -0.15) is 0 Å². The van der Waals surface area contributed by atoms with Gasteiger partial charge in [-0.05, 0) is 37.7 Å². The van der Waals surface area contributed by atoms with Crippen LogP contribution < -0.4 is 9.64 Å². The Labute approximate surface area is 221 Å². The molecule has 1 unspecified atom stereocenters. The van der Waals surface area contributed by atoms with Crippen molar-refractivity contribution in [1.82, 2.24) is 24.7 Å². The number of thioether (sulfide) groups is 1. The molecule has 2 aliphatic heterocycles. The van der Waals surface area contributed by atoms with E-state index in [9.17, 15) is 9.59 Å². The van der Waals surface area contributed by atoms with Gasteiger partial charge in [-0.3, -0.25) is 9.59 Å². The summed E-state index contributed by atoms with van der Waals surface area (Å²) in [5.74, 6) is 1.82. The number of hydrogen-bond donors (Lipinski definition) is 0. The van der Waals surface area contributed by atoms with E-state index in [-0.39, 0.29) is 23.6 Å². The number of carbonyl (C=O) groups is 2. The predicted octanol–water partition coefficient (Wildman–Crippen LogP) is 2.75. The molecule has 1 atom stereocenters. The monoisotopic (exact) mass is 532 g/mol. The van der Waals surface area contributed by atoms with E-state index in [2.05, 4.69) is 26.7 Å². The van der Waals surface area contributed by atoms with Gasteiger partial charge in [0.1, 0.15) is 16.7 Å². The van der Waals surface area contributed by atoms with E-state index in [1.807, 2.05) is 16.7 Å². The van der Waals surface area contributed by atoms with Crippen molar-refractivity contribution in [2.75, 3.05) is 70.1 Å². The van der Waals surface area contributed by atoms with Gasteiger partial charge < -0.3 is 24.3 Å². The van der Waals surface area contributed by atoms with Crippen LogP contribution in [-0.4, -0.2) is 108 Å². The van der Waals surface area contributed by atoms with Crippen molar-refractivity contribution >= 4 is 41.0 Å². The number of hydrogen-bond acceptors (Lipinski definition) is 8. The maximum absolute atomic E-state index is 13.1. The van der Waals surface area contributed by atoms with E-state index in [1.54, 1.807) is 37.4 Å². The summed E-state index contributed by atoms with van der Waals surface area (Å²) in [4.78, 5) is 43.0. The lowest BCUT2D eigenvalue weighted by Gasteiger charge is -2.40. The molecule has 4 rings (SSSR count). The number of methoxy groups -OCH3 is 1. The van der Waals surface area contributed by atoms with Crippen molar-refractivity contribution in [3.05, 3.63) is 41.0 Å². The largest absolute Gasteiger partial charge is 0.497 e. The van der Waals surface area contributed by atoms with E-state index < -0.39 is 0 Å². The van der Waals surface area contributed by atoms with E-state index in [0.717, 1.165) is 38.5 Å². The minimum Gasteiger partial charge on any atom is -0.497 e. The van der Waals surface area contributed by atoms with Gasteiger partial charge in [-0.15, -0.1) is 0 Å². The lowest BCUT2D eigenvalue weighted by Crippen LogP contribution is -2.54. The summed E-state index contributed by atoms with van der Waals surface area (Å²) in [6, 6.07) is 8.91. The van der Waals surface area contributed by atoms with Crippen molar-refractivity contribution in [3.8, 4) is 5.75 Å². The molecule has 36 heavy (non-hydrogen) atoms. The van der Waals surface area contributed by atoms with E-state index in [4.69, 9.17) is 16.3 Å². The minimum absolute atomic E-state index is 0.0000464. The Morgan fingerprint density at radius 3 is 2.44 bits per heavy atom. The van der Waals surface area contributed by atoms with Crippen LogP contribution in [0.1, 0.15) is 24.2 Å². The first-order valence-corrected chi connectivity index (χ1v) is 13.6. The highest BCUT2D eigenvalue weighted by atomic mass is 35.5. The van der Waals surface area contributed by atoms with Crippen molar-refractivity contribution in [2.45, 2.75) is 25.0 Å². The highest BCUT2D eigenvalue weighted by Crippen LogP contribution is 2.25. The van der Waals surface area contributed by atoms with Crippen LogP contribution in [0.4, 0.5) is 5.82 Å². The number of amides is 2. The molecule has 2 fully saturated rings. The fraction of sp³-hybridized carbons (Fsp3) is 0.520. The van der Waals surface area contributed by atoms with E-state index >= 15 is 0 Å². The molecular weight excluding hydrogens is 500 g/mol. The first kappa shape index (κ1) is 26.5. The van der Waals surface area contributed by atoms with Crippen molar-refractivity contribution in [2.24, 2.45) is 0 Å². The number of ether oxygens (including phenoxy) is 1. The van der Waals surface area contributed by atoms with Crippen LogP contribution in [0.15, 0.2) is 35.5 Å². The summed E-state index contributed by atoms with van der Waals surface area (Å²) in [6.45, 7) is 10.3. The molecule has 1 aromatic carbocycles. The second kappa shape index (κ2) is 12.1. The normalized spacial score (nSPS) is 18.9. The van der Waals surface area contributed by atoms with Gasteiger partial charge >= 0.3 is 0 Å². The number of halogens is 1. The number of likely N-dealkylation sites (N-methyl/N-ethyl adjacent to an activating group) is 1. The summed E-state index contributed by atoms with van der Waals surface area (Å²) in [7, 11) is 1.61. The Hall–Kier alpha value is -2.56. The molecular formula is C25H33ClN6O3S. The molecule has 9 nitrogen and oxygen atoms in total. The number of benzene rings is 1. The number of carbonyl (C=O) groups excluding carboxylic acids is 2. The summed E-state index contributed by atoms with van der Waals surface area (Å²) < 4.78 is 5.19. The Morgan fingerprint density at radius 1 is 1.08 bits per heavy atom. The van der Waals surface area contributed by atoms with Crippen LogP contribution >= 0.6 is 23.4 Å². The Balaban J connectivity index is 1.34. The van der Waals surface area contributed by atoms with Crippen molar-refractivity contribution in [3.63, 3.8) is 0 Å². The molecule has 0 spiro atoms. The highest BCUT2D eigenvalue weighted by Gasteiger charge is 2.29. The summed E-state index contributed by atoms with van der Waals surface area (Å²) >= 11 is 7.63. The Bertz CT molecular complexity index is 1060. The number of rotatable bonds is 7. The molecule has 2 aliphatic rings. The zero-order valence-electron chi connectivity index (χ0n) is 21.0. The van der Waals surface area contributed by atoms with Crippen molar-refractivity contribution in [1.29, 1.82) is 0 Å². The first-order valence-electron chi connectivity index (χ1n) is 12.3. The van der Waals surface area contributed by atoms with Gasteiger partial charge in [0.2, 0.25) is 5.91 Å². The smallest absolute Gasteiger partial charge is 0.254 e. The quantitative estimate of drug-likeness (QED) is 0.306. The number of nitrogens with zero attached hydrogens (tertiary/aromatic N) is 6. The second-order valence-corrected chi connectivity index (χ2v) is 10.3. The van der Waals surface area contributed by atoms with Gasteiger partial charge in [-0.25, -0.2) is 9.97 Å². The number of anilines is 1. The lowest BCUT2D eigenvalue weighted by molar-refractivity contribution is -0.130. The van der Waals surface area contributed by atoms with E-state index in [0.29, 0.717) is 41.3 Å². The average Bonchev–Trinajstić information content (AvgIpc) is 2.91. The third kappa shape index (κ3) is 6.41. The molecule has 0 saturated carbocycles. The summed E-state index contributed by atoms with van der Waals surface area (Å²) in [6.07, 6.45) is 0. The van der Waals surface area contributed by atoms with Gasteiger partial charge in [-0.1, -0.05) is 30.3 Å². The number of piperazine rings is 2. The van der Waals surface area contributed by atoms with Crippen LogP contribution in [-0.2, 0) is 4.79 Å². The van der Waals surface area contributed by atoms with Crippen LogP contribution in [0.2, 0.25) is 5.15 Å². The molecule has 194 valence electrons. The topological polar surface area (TPSA) is 82.1 Å². The van der Waals surface area contributed by atoms with Crippen molar-refractivity contribution < 1.29 is 14.3 Å². The van der Waals surface area contributed by atoms with Gasteiger partial charge in [0.25, 0.3) is 5.91 Å². The van der Waals surface area contributed by atoms with E-state index in [1.165, 1.54) is 11.8 Å².